The minimum atomic E-state index is 0.409. The fourth-order valence-corrected chi connectivity index (χ4v) is 2.70. The van der Waals surface area contributed by atoms with Gasteiger partial charge in [-0.15, -0.1) is 0 Å². The van der Waals surface area contributed by atoms with E-state index in [1.807, 2.05) is 12.4 Å². The van der Waals surface area contributed by atoms with Crippen LogP contribution in [0.4, 0.5) is 11.6 Å². The number of hydrogen-bond acceptors (Lipinski definition) is 4. The smallest absolute Gasteiger partial charge is 0.230 e. The number of para-hydroxylation sites is 1. The van der Waals surface area contributed by atoms with E-state index in [1.54, 1.807) is 0 Å². The molecule has 2 aromatic rings. The van der Waals surface area contributed by atoms with E-state index in [-0.39, 0.29) is 0 Å². The molecular formula is C16H20N4. The lowest BCUT2D eigenvalue weighted by Gasteiger charge is -2.22. The van der Waals surface area contributed by atoms with Crippen molar-refractivity contribution in [3.8, 4) is 0 Å². The molecule has 1 aromatic heterocycles. The third-order valence-corrected chi connectivity index (χ3v) is 3.69. The molecule has 104 valence electrons. The average Bonchev–Trinajstić information content (AvgIpc) is 2.81. The predicted octanol–water partition coefficient (Wildman–Crippen LogP) is 2.67. The van der Waals surface area contributed by atoms with E-state index in [9.17, 15) is 0 Å². The topological polar surface area (TPSA) is 41.1 Å². The molecule has 0 spiro atoms. The summed E-state index contributed by atoms with van der Waals surface area (Å²) in [6, 6.07) is 8.91. The van der Waals surface area contributed by atoms with Gasteiger partial charge in [0.15, 0.2) is 0 Å². The number of anilines is 2. The van der Waals surface area contributed by atoms with Crippen molar-refractivity contribution in [1.29, 1.82) is 0 Å². The van der Waals surface area contributed by atoms with Crippen molar-refractivity contribution in [2.24, 2.45) is 0 Å². The van der Waals surface area contributed by atoms with E-state index in [1.165, 1.54) is 11.3 Å². The van der Waals surface area contributed by atoms with Gasteiger partial charge in [-0.25, -0.2) is 9.97 Å². The Morgan fingerprint density at radius 2 is 2.00 bits per heavy atom. The standard InChI is InChI=1S/C16H20N4/c1-3-17-9-13-10-18-16(19-11-13)20-12(2)8-14-6-4-5-7-15(14)20/h4-7,10-12,17H,3,8-9H2,1-2H3. The van der Waals surface area contributed by atoms with E-state index < -0.39 is 0 Å². The van der Waals surface area contributed by atoms with Gasteiger partial charge in [-0.05, 0) is 31.5 Å². The molecule has 0 saturated heterocycles. The zero-order chi connectivity index (χ0) is 13.9. The van der Waals surface area contributed by atoms with Crippen LogP contribution in [0, 0.1) is 0 Å². The molecule has 0 bridgehead atoms. The number of nitrogens with one attached hydrogen (secondary N) is 1. The number of aromatic nitrogens is 2. The third-order valence-electron chi connectivity index (χ3n) is 3.69. The van der Waals surface area contributed by atoms with Gasteiger partial charge in [-0.1, -0.05) is 25.1 Å². The molecular weight excluding hydrogens is 248 g/mol. The second kappa shape index (κ2) is 5.59. The minimum absolute atomic E-state index is 0.409. The minimum Gasteiger partial charge on any atom is -0.313 e. The summed E-state index contributed by atoms with van der Waals surface area (Å²) in [6.07, 6.45) is 4.88. The number of fused-ring (bicyclic) bond motifs is 1. The van der Waals surface area contributed by atoms with Crippen LogP contribution < -0.4 is 10.2 Å². The Labute approximate surface area is 119 Å². The zero-order valence-corrected chi connectivity index (χ0v) is 12.0. The third kappa shape index (κ3) is 2.39. The number of benzene rings is 1. The molecule has 4 heteroatoms. The molecule has 1 N–H and O–H groups in total. The summed E-state index contributed by atoms with van der Waals surface area (Å²) in [5.41, 5.74) is 3.73. The van der Waals surface area contributed by atoms with Gasteiger partial charge in [0.05, 0.1) is 0 Å². The molecule has 0 aliphatic carbocycles. The Kier molecular flexibility index (Phi) is 3.65. The van der Waals surface area contributed by atoms with Crippen LogP contribution in [0.15, 0.2) is 36.7 Å². The highest BCUT2D eigenvalue weighted by Gasteiger charge is 2.28. The highest BCUT2D eigenvalue weighted by molar-refractivity contribution is 5.66. The monoisotopic (exact) mass is 268 g/mol. The fourth-order valence-electron chi connectivity index (χ4n) is 2.70. The number of rotatable bonds is 4. The maximum absolute atomic E-state index is 4.54. The van der Waals surface area contributed by atoms with Crippen LogP contribution in [0.1, 0.15) is 25.0 Å². The summed E-state index contributed by atoms with van der Waals surface area (Å²) in [7, 11) is 0. The van der Waals surface area contributed by atoms with Crippen molar-refractivity contribution in [1.82, 2.24) is 15.3 Å². The molecule has 1 unspecified atom stereocenters. The lowest BCUT2D eigenvalue weighted by Crippen LogP contribution is -2.26. The van der Waals surface area contributed by atoms with Crippen LogP contribution in [-0.4, -0.2) is 22.6 Å². The van der Waals surface area contributed by atoms with E-state index in [2.05, 4.69) is 58.3 Å². The summed E-state index contributed by atoms with van der Waals surface area (Å²) in [5, 5.41) is 3.28. The number of nitrogens with zero attached hydrogens (tertiary/aromatic N) is 3. The van der Waals surface area contributed by atoms with Crippen LogP contribution in [-0.2, 0) is 13.0 Å². The predicted molar refractivity (Wildman–Crippen MR) is 81.2 cm³/mol. The second-order valence-electron chi connectivity index (χ2n) is 5.22. The Hall–Kier alpha value is -1.94. The van der Waals surface area contributed by atoms with Gasteiger partial charge in [0.1, 0.15) is 0 Å². The Morgan fingerprint density at radius 3 is 2.75 bits per heavy atom. The van der Waals surface area contributed by atoms with E-state index in [0.717, 1.165) is 31.0 Å². The Balaban J connectivity index is 1.86. The molecule has 20 heavy (non-hydrogen) atoms. The van der Waals surface area contributed by atoms with Crippen LogP contribution in [0.25, 0.3) is 0 Å². The van der Waals surface area contributed by atoms with Crippen LogP contribution in [0.5, 0.6) is 0 Å². The Bertz CT molecular complexity index is 579. The summed E-state index contributed by atoms with van der Waals surface area (Å²) < 4.78 is 0. The SMILES string of the molecule is CCNCc1cnc(N2c3ccccc3CC2C)nc1. The van der Waals surface area contributed by atoms with Crippen molar-refractivity contribution < 1.29 is 0 Å². The van der Waals surface area contributed by atoms with Gasteiger partial charge < -0.3 is 10.2 Å². The summed E-state index contributed by atoms with van der Waals surface area (Å²) in [6.45, 7) is 6.09. The van der Waals surface area contributed by atoms with Crippen LogP contribution >= 0.6 is 0 Å². The van der Waals surface area contributed by atoms with Gasteiger partial charge in [0, 0.05) is 36.2 Å². The van der Waals surface area contributed by atoms with Gasteiger partial charge in [-0.3, -0.25) is 0 Å². The van der Waals surface area contributed by atoms with Gasteiger partial charge in [0.2, 0.25) is 5.95 Å². The first-order valence-electron chi connectivity index (χ1n) is 7.18. The maximum atomic E-state index is 4.54. The molecule has 0 radical (unpaired) electrons. The van der Waals surface area contributed by atoms with Crippen molar-refractivity contribution in [3.63, 3.8) is 0 Å². The molecule has 1 aliphatic rings. The first-order valence-corrected chi connectivity index (χ1v) is 7.18. The first kappa shape index (κ1) is 13.1. The van der Waals surface area contributed by atoms with Crippen LogP contribution in [0.3, 0.4) is 0 Å². The molecule has 1 atom stereocenters. The first-order chi connectivity index (χ1) is 9.79. The molecule has 1 aromatic carbocycles. The summed E-state index contributed by atoms with van der Waals surface area (Å²) >= 11 is 0. The highest BCUT2D eigenvalue weighted by atomic mass is 15.3. The molecule has 0 amide bonds. The largest absolute Gasteiger partial charge is 0.313 e. The number of hydrogen-bond donors (Lipinski definition) is 1. The van der Waals surface area contributed by atoms with Crippen LogP contribution in [0.2, 0.25) is 0 Å². The van der Waals surface area contributed by atoms with Gasteiger partial charge in [0.25, 0.3) is 0 Å². The van der Waals surface area contributed by atoms with Crippen molar-refractivity contribution in [3.05, 3.63) is 47.8 Å². The van der Waals surface area contributed by atoms with E-state index in [0.29, 0.717) is 6.04 Å². The van der Waals surface area contributed by atoms with E-state index in [4.69, 9.17) is 0 Å². The normalized spacial score (nSPS) is 17.3. The lowest BCUT2D eigenvalue weighted by molar-refractivity contribution is 0.713. The molecule has 3 rings (SSSR count). The Morgan fingerprint density at radius 1 is 1.25 bits per heavy atom. The summed E-state index contributed by atoms with van der Waals surface area (Å²) in [5.74, 6) is 0.794. The maximum Gasteiger partial charge on any atom is 0.230 e. The van der Waals surface area contributed by atoms with Crippen molar-refractivity contribution in [2.75, 3.05) is 11.4 Å². The summed E-state index contributed by atoms with van der Waals surface area (Å²) in [4.78, 5) is 11.3. The van der Waals surface area contributed by atoms with Crippen molar-refractivity contribution >= 4 is 11.6 Å². The molecule has 2 heterocycles. The van der Waals surface area contributed by atoms with Crippen molar-refractivity contribution in [2.45, 2.75) is 32.9 Å². The molecule has 4 nitrogen and oxygen atoms in total. The average molecular weight is 268 g/mol. The molecule has 0 fully saturated rings. The molecule has 0 saturated carbocycles. The highest BCUT2D eigenvalue weighted by Crippen LogP contribution is 2.35. The fraction of sp³-hybridized carbons (Fsp3) is 0.375. The second-order valence-corrected chi connectivity index (χ2v) is 5.22. The van der Waals surface area contributed by atoms with Gasteiger partial charge in [-0.2, -0.15) is 0 Å². The zero-order valence-electron chi connectivity index (χ0n) is 12.0. The molecule has 1 aliphatic heterocycles. The van der Waals surface area contributed by atoms with E-state index >= 15 is 0 Å². The van der Waals surface area contributed by atoms with Gasteiger partial charge >= 0.3 is 0 Å². The quantitative estimate of drug-likeness (QED) is 0.925. The lowest BCUT2D eigenvalue weighted by atomic mass is 10.1.